The van der Waals surface area contributed by atoms with Crippen LogP contribution >= 0.6 is 7.82 Å². The number of hydrogen-bond acceptors (Lipinski definition) is 7. The molecule has 0 aromatic heterocycles. The maximum absolute atomic E-state index is 12.1. The lowest BCUT2D eigenvalue weighted by molar-refractivity contribution is -0.147. The highest BCUT2D eigenvalue weighted by molar-refractivity contribution is 7.47. The van der Waals surface area contributed by atoms with Crippen LogP contribution in [0.3, 0.4) is 0 Å². The van der Waals surface area contributed by atoms with Crippen LogP contribution < -0.4 is 5.32 Å². The Labute approximate surface area is 323 Å². The van der Waals surface area contributed by atoms with Gasteiger partial charge < -0.3 is 20.1 Å². The fourth-order valence-corrected chi connectivity index (χ4v) is 6.01. The Bertz CT molecular complexity index is 1050. The highest BCUT2D eigenvalue weighted by atomic mass is 31.2. The number of hydrogen-bond donors (Lipinski definition) is 3. The second-order valence-corrected chi connectivity index (χ2v) is 15.1. The zero-order chi connectivity index (χ0) is 38.9. The molecule has 0 aromatic carbocycles. The molecule has 1 amide bonds. The largest absolute Gasteiger partial charge is 0.472 e. The van der Waals surface area contributed by atoms with E-state index in [0.717, 1.165) is 64.2 Å². The smallest absolute Gasteiger partial charge is 0.463 e. The maximum Gasteiger partial charge on any atom is 0.472 e. The number of carbonyl (C=O) groups is 2. The summed E-state index contributed by atoms with van der Waals surface area (Å²) in [5.74, 6) is -0.586. The first-order valence-electron chi connectivity index (χ1n) is 20.8. The minimum absolute atomic E-state index is 0.0492. The summed E-state index contributed by atoms with van der Waals surface area (Å²) in [5.41, 5.74) is 0. The SMILES string of the molecule is CCCCC/C=C\C/C=C\C/C=C\C/C=C\CCCC(=O)NCCOP(=O)(O)OC[C@H](O)COC(=O)CCCCCCC/C=C\CCCCCCCC. The summed E-state index contributed by atoms with van der Waals surface area (Å²) < 4.78 is 26.8. The highest BCUT2D eigenvalue weighted by Gasteiger charge is 2.23. The van der Waals surface area contributed by atoms with Gasteiger partial charge in [-0.15, -0.1) is 0 Å². The first kappa shape index (κ1) is 50.7. The lowest BCUT2D eigenvalue weighted by atomic mass is 10.1. The molecule has 0 aromatic rings. The van der Waals surface area contributed by atoms with Crippen LogP contribution in [0.5, 0.6) is 0 Å². The Balaban J connectivity index is 3.71. The van der Waals surface area contributed by atoms with Crippen LogP contribution in [0.25, 0.3) is 0 Å². The van der Waals surface area contributed by atoms with Gasteiger partial charge in [0.2, 0.25) is 5.91 Å². The molecule has 0 radical (unpaired) electrons. The van der Waals surface area contributed by atoms with Gasteiger partial charge in [0.05, 0.1) is 13.2 Å². The summed E-state index contributed by atoms with van der Waals surface area (Å²) >= 11 is 0. The minimum Gasteiger partial charge on any atom is -0.463 e. The normalized spacial score (nSPS) is 14.0. The predicted octanol–water partition coefficient (Wildman–Crippen LogP) is 11.3. The van der Waals surface area contributed by atoms with Gasteiger partial charge in [0, 0.05) is 19.4 Å². The van der Waals surface area contributed by atoms with Crippen LogP contribution in [-0.4, -0.2) is 54.3 Å². The molecule has 0 spiro atoms. The summed E-state index contributed by atoms with van der Waals surface area (Å²) in [6.07, 6.45) is 45.8. The Morgan fingerprint density at radius 1 is 0.585 bits per heavy atom. The van der Waals surface area contributed by atoms with Crippen LogP contribution in [0.2, 0.25) is 0 Å². The minimum atomic E-state index is -4.43. The molecule has 0 saturated carbocycles. The van der Waals surface area contributed by atoms with Crippen molar-refractivity contribution < 1.29 is 37.9 Å². The van der Waals surface area contributed by atoms with Gasteiger partial charge in [0.1, 0.15) is 12.7 Å². The molecule has 0 aliphatic carbocycles. The van der Waals surface area contributed by atoms with Crippen LogP contribution in [0.4, 0.5) is 0 Å². The van der Waals surface area contributed by atoms with Gasteiger partial charge in [0.25, 0.3) is 0 Å². The van der Waals surface area contributed by atoms with E-state index >= 15 is 0 Å². The second kappa shape index (κ2) is 39.4. The summed E-state index contributed by atoms with van der Waals surface area (Å²) in [6, 6.07) is 0. The third-order valence-electron chi connectivity index (χ3n) is 8.42. The molecular formula is C43H76NO8P. The molecule has 3 N–H and O–H groups in total. The number of allylic oxidation sites excluding steroid dienone is 10. The van der Waals surface area contributed by atoms with Crippen LogP contribution in [0.1, 0.15) is 168 Å². The third kappa shape index (κ3) is 40.7. The van der Waals surface area contributed by atoms with Crippen molar-refractivity contribution in [3.8, 4) is 0 Å². The van der Waals surface area contributed by atoms with Gasteiger partial charge in [-0.3, -0.25) is 18.6 Å². The summed E-state index contributed by atoms with van der Waals surface area (Å²) in [6.45, 7) is 3.43. The van der Waals surface area contributed by atoms with Crippen molar-refractivity contribution in [3.05, 3.63) is 60.8 Å². The molecule has 0 fully saturated rings. The van der Waals surface area contributed by atoms with Gasteiger partial charge >= 0.3 is 13.8 Å². The van der Waals surface area contributed by atoms with Crippen molar-refractivity contribution >= 4 is 19.7 Å². The molecule has 0 heterocycles. The molecule has 10 heteroatoms. The number of carbonyl (C=O) groups excluding carboxylic acids is 2. The van der Waals surface area contributed by atoms with Crippen LogP contribution in [0.15, 0.2) is 60.8 Å². The quantitative estimate of drug-likeness (QED) is 0.0245. The highest BCUT2D eigenvalue weighted by Crippen LogP contribution is 2.42. The van der Waals surface area contributed by atoms with Crippen molar-refractivity contribution in [2.45, 2.75) is 174 Å². The van der Waals surface area contributed by atoms with Crippen molar-refractivity contribution in [2.75, 3.05) is 26.4 Å². The van der Waals surface area contributed by atoms with E-state index in [2.05, 4.69) is 79.9 Å². The summed E-state index contributed by atoms with van der Waals surface area (Å²) in [5, 5.41) is 12.6. The molecule has 53 heavy (non-hydrogen) atoms. The van der Waals surface area contributed by atoms with E-state index in [-0.39, 0.29) is 32.1 Å². The fraction of sp³-hybridized carbons (Fsp3) is 0.721. The Morgan fingerprint density at radius 3 is 1.62 bits per heavy atom. The zero-order valence-electron chi connectivity index (χ0n) is 33.4. The van der Waals surface area contributed by atoms with E-state index in [9.17, 15) is 24.2 Å². The Morgan fingerprint density at radius 2 is 1.04 bits per heavy atom. The van der Waals surface area contributed by atoms with Gasteiger partial charge in [-0.05, 0) is 77.0 Å². The molecule has 306 valence electrons. The molecule has 0 aliphatic rings. The van der Waals surface area contributed by atoms with Gasteiger partial charge in [0.15, 0.2) is 0 Å². The van der Waals surface area contributed by atoms with Gasteiger partial charge in [-0.1, -0.05) is 139 Å². The van der Waals surface area contributed by atoms with Crippen molar-refractivity contribution in [2.24, 2.45) is 0 Å². The molecule has 9 nitrogen and oxygen atoms in total. The number of nitrogens with one attached hydrogen (secondary N) is 1. The van der Waals surface area contributed by atoms with E-state index in [1.807, 2.05) is 0 Å². The molecular weight excluding hydrogens is 689 g/mol. The first-order chi connectivity index (χ1) is 25.8. The number of aliphatic hydroxyl groups excluding tert-OH is 1. The van der Waals surface area contributed by atoms with Gasteiger partial charge in [-0.2, -0.15) is 0 Å². The van der Waals surface area contributed by atoms with Crippen LogP contribution in [-0.2, 0) is 27.9 Å². The Hall–Kier alpha value is -2.29. The van der Waals surface area contributed by atoms with Crippen molar-refractivity contribution in [1.29, 1.82) is 0 Å². The van der Waals surface area contributed by atoms with E-state index in [1.165, 1.54) is 70.6 Å². The monoisotopic (exact) mass is 766 g/mol. The second-order valence-electron chi connectivity index (χ2n) is 13.6. The number of phosphoric ester groups is 1. The zero-order valence-corrected chi connectivity index (χ0v) is 34.3. The topological polar surface area (TPSA) is 131 Å². The number of amides is 1. The molecule has 0 rings (SSSR count). The summed E-state index contributed by atoms with van der Waals surface area (Å²) in [4.78, 5) is 33.8. The van der Waals surface area contributed by atoms with E-state index in [0.29, 0.717) is 12.8 Å². The maximum atomic E-state index is 12.1. The van der Waals surface area contributed by atoms with Crippen molar-refractivity contribution in [3.63, 3.8) is 0 Å². The van der Waals surface area contributed by atoms with E-state index in [4.69, 9.17) is 13.8 Å². The van der Waals surface area contributed by atoms with E-state index < -0.39 is 26.5 Å². The number of unbranched alkanes of at least 4 members (excludes halogenated alkanes) is 15. The molecule has 2 atom stereocenters. The average molecular weight is 766 g/mol. The number of rotatable bonds is 38. The number of ether oxygens (including phenoxy) is 1. The average Bonchev–Trinajstić information content (AvgIpc) is 3.14. The molecule has 0 aliphatic heterocycles. The standard InChI is InChI=1S/C43H76NO8P/c1-3-5-7-9-11-13-15-17-19-20-22-23-25-27-29-31-33-35-42(46)44-37-38-51-53(48,49)52-40-41(45)39-50-43(47)36-34-32-30-28-26-24-21-18-16-14-12-10-8-6-4-2/h11,13,17-19,21-23,27,29,41,45H,3-10,12,14-16,20,24-26,28,30-40H2,1-2H3,(H,44,46)(H,48,49)/b13-11-,19-17-,21-18-,23-22-,29-27-/t41-/m1/s1. The molecule has 0 saturated heterocycles. The number of esters is 1. The molecule has 1 unspecified atom stereocenters. The van der Waals surface area contributed by atoms with Gasteiger partial charge in [-0.25, -0.2) is 4.57 Å². The lowest BCUT2D eigenvalue weighted by Gasteiger charge is -2.15. The van der Waals surface area contributed by atoms with E-state index in [1.54, 1.807) is 0 Å². The third-order valence-corrected chi connectivity index (χ3v) is 9.40. The van der Waals surface area contributed by atoms with Crippen molar-refractivity contribution in [1.82, 2.24) is 5.32 Å². The number of aliphatic hydroxyl groups is 1. The van der Waals surface area contributed by atoms with Crippen LogP contribution in [0, 0.1) is 0 Å². The predicted molar refractivity (Wildman–Crippen MR) is 220 cm³/mol. The summed E-state index contributed by atoms with van der Waals surface area (Å²) in [7, 11) is -4.43. The lowest BCUT2D eigenvalue weighted by Crippen LogP contribution is -2.27. The fourth-order valence-electron chi connectivity index (χ4n) is 5.25. The Kier molecular flexibility index (Phi) is 37.7. The molecule has 0 bridgehead atoms. The first-order valence-corrected chi connectivity index (χ1v) is 22.3. The number of phosphoric acid groups is 1.